The third-order valence-corrected chi connectivity index (χ3v) is 2.64. The van der Waals surface area contributed by atoms with Crippen LogP contribution in [0.5, 0.6) is 0 Å². The third kappa shape index (κ3) is 2.75. The van der Waals surface area contributed by atoms with E-state index in [9.17, 15) is 9.18 Å². The van der Waals surface area contributed by atoms with Crippen LogP contribution in [-0.4, -0.2) is 17.9 Å². The summed E-state index contributed by atoms with van der Waals surface area (Å²) in [5.41, 5.74) is 1.30. The van der Waals surface area contributed by atoms with Gasteiger partial charge in [-0.25, -0.2) is 4.39 Å². The van der Waals surface area contributed by atoms with Gasteiger partial charge in [0.2, 0.25) is 0 Å². The summed E-state index contributed by atoms with van der Waals surface area (Å²) in [5.74, 6) is -0.921. The Hall–Kier alpha value is -2.74. The van der Waals surface area contributed by atoms with Gasteiger partial charge in [0.1, 0.15) is 5.82 Å². The maximum absolute atomic E-state index is 13.0. The number of nitriles is 1. The van der Waals surface area contributed by atoms with Crippen molar-refractivity contribution in [1.82, 2.24) is 4.98 Å². The molecule has 4 nitrogen and oxygen atoms in total. The standard InChI is InChI=1S/C14H10FN3O/c1-18(13-4-2-10(7-16)3-5-13)14(19)11-6-12(15)9-17-8-11/h2-6,8-9H,1H3. The lowest BCUT2D eigenvalue weighted by molar-refractivity contribution is 0.0992. The number of amides is 1. The molecule has 19 heavy (non-hydrogen) atoms. The molecule has 0 aliphatic rings. The van der Waals surface area contributed by atoms with Crippen LogP contribution in [0.25, 0.3) is 0 Å². The highest BCUT2D eigenvalue weighted by atomic mass is 19.1. The molecule has 1 heterocycles. The number of carbonyl (C=O) groups is 1. The second kappa shape index (κ2) is 5.27. The number of pyridine rings is 1. The van der Waals surface area contributed by atoms with Crippen LogP contribution in [0, 0.1) is 17.1 Å². The quantitative estimate of drug-likeness (QED) is 0.827. The van der Waals surface area contributed by atoms with Crippen LogP contribution >= 0.6 is 0 Å². The van der Waals surface area contributed by atoms with Gasteiger partial charge in [0.05, 0.1) is 23.4 Å². The molecule has 0 radical (unpaired) electrons. The molecule has 0 bridgehead atoms. The highest BCUT2D eigenvalue weighted by Crippen LogP contribution is 2.16. The summed E-state index contributed by atoms with van der Waals surface area (Å²) >= 11 is 0. The van der Waals surface area contributed by atoms with Crippen LogP contribution in [0.15, 0.2) is 42.7 Å². The average molecular weight is 255 g/mol. The molecule has 2 rings (SSSR count). The van der Waals surface area contributed by atoms with Crippen molar-refractivity contribution in [1.29, 1.82) is 5.26 Å². The van der Waals surface area contributed by atoms with E-state index >= 15 is 0 Å². The maximum atomic E-state index is 13.0. The van der Waals surface area contributed by atoms with Gasteiger partial charge in [0.25, 0.3) is 5.91 Å². The zero-order chi connectivity index (χ0) is 13.8. The fourth-order valence-electron chi connectivity index (χ4n) is 1.60. The van der Waals surface area contributed by atoms with Gasteiger partial charge >= 0.3 is 0 Å². The van der Waals surface area contributed by atoms with Gasteiger partial charge in [0.15, 0.2) is 0 Å². The van der Waals surface area contributed by atoms with Crippen molar-refractivity contribution in [3.8, 4) is 6.07 Å². The van der Waals surface area contributed by atoms with E-state index in [0.717, 1.165) is 12.3 Å². The Kier molecular flexibility index (Phi) is 3.53. The summed E-state index contributed by atoms with van der Waals surface area (Å²) in [6.45, 7) is 0. The van der Waals surface area contributed by atoms with Gasteiger partial charge in [-0.2, -0.15) is 5.26 Å². The van der Waals surface area contributed by atoms with Crippen LogP contribution < -0.4 is 4.90 Å². The van der Waals surface area contributed by atoms with E-state index in [4.69, 9.17) is 5.26 Å². The fourth-order valence-corrected chi connectivity index (χ4v) is 1.60. The Morgan fingerprint density at radius 2 is 2.00 bits per heavy atom. The lowest BCUT2D eigenvalue weighted by atomic mass is 10.2. The first kappa shape index (κ1) is 12.7. The third-order valence-electron chi connectivity index (χ3n) is 2.64. The minimum absolute atomic E-state index is 0.173. The van der Waals surface area contributed by atoms with Crippen LogP contribution in [0.4, 0.5) is 10.1 Å². The average Bonchev–Trinajstić information content (AvgIpc) is 2.46. The molecule has 0 fully saturated rings. The van der Waals surface area contributed by atoms with Crippen molar-refractivity contribution < 1.29 is 9.18 Å². The Morgan fingerprint density at radius 3 is 2.58 bits per heavy atom. The first-order chi connectivity index (χ1) is 9.11. The molecule has 5 heteroatoms. The molecule has 1 amide bonds. The number of halogens is 1. The van der Waals surface area contributed by atoms with Crippen molar-refractivity contribution in [3.63, 3.8) is 0 Å². The first-order valence-electron chi connectivity index (χ1n) is 5.50. The van der Waals surface area contributed by atoms with E-state index in [1.54, 1.807) is 31.3 Å². The number of benzene rings is 1. The Morgan fingerprint density at radius 1 is 1.32 bits per heavy atom. The van der Waals surface area contributed by atoms with Crippen LogP contribution in [0.3, 0.4) is 0 Å². The Balaban J connectivity index is 2.26. The topological polar surface area (TPSA) is 57.0 Å². The minimum atomic E-state index is -0.556. The van der Waals surface area contributed by atoms with Crippen molar-refractivity contribution in [2.45, 2.75) is 0 Å². The molecule has 0 N–H and O–H groups in total. The molecule has 94 valence electrons. The van der Waals surface area contributed by atoms with Gasteiger partial charge in [0, 0.05) is 18.9 Å². The van der Waals surface area contributed by atoms with Gasteiger partial charge in [-0.15, -0.1) is 0 Å². The summed E-state index contributed by atoms with van der Waals surface area (Å²) in [6, 6.07) is 9.67. The molecular weight excluding hydrogens is 245 g/mol. The van der Waals surface area contributed by atoms with Crippen molar-refractivity contribution in [3.05, 3.63) is 59.7 Å². The molecule has 0 aliphatic heterocycles. The molecule has 0 spiro atoms. The SMILES string of the molecule is CN(C(=O)c1cncc(F)c1)c1ccc(C#N)cc1. The van der Waals surface area contributed by atoms with E-state index in [1.807, 2.05) is 6.07 Å². The minimum Gasteiger partial charge on any atom is -0.311 e. The molecular formula is C14H10FN3O. The second-order valence-corrected chi connectivity index (χ2v) is 3.91. The molecule has 0 saturated carbocycles. The normalized spacial score (nSPS) is 9.74. The summed E-state index contributed by atoms with van der Waals surface area (Å²) in [7, 11) is 1.58. The summed E-state index contributed by atoms with van der Waals surface area (Å²) in [6.07, 6.45) is 2.35. The van der Waals surface area contributed by atoms with E-state index in [-0.39, 0.29) is 11.5 Å². The molecule has 0 aliphatic carbocycles. The summed E-state index contributed by atoms with van der Waals surface area (Å²) in [4.78, 5) is 17.1. The van der Waals surface area contributed by atoms with E-state index in [1.165, 1.54) is 11.1 Å². The van der Waals surface area contributed by atoms with Crippen molar-refractivity contribution in [2.75, 3.05) is 11.9 Å². The Bertz CT molecular complexity index is 646. The second-order valence-electron chi connectivity index (χ2n) is 3.91. The lowest BCUT2D eigenvalue weighted by Gasteiger charge is -2.17. The number of hydrogen-bond donors (Lipinski definition) is 0. The summed E-state index contributed by atoms with van der Waals surface area (Å²) in [5, 5.41) is 8.70. The smallest absolute Gasteiger partial charge is 0.259 e. The largest absolute Gasteiger partial charge is 0.311 e. The fraction of sp³-hybridized carbons (Fsp3) is 0.0714. The maximum Gasteiger partial charge on any atom is 0.259 e. The van der Waals surface area contributed by atoms with E-state index < -0.39 is 5.82 Å². The number of anilines is 1. The molecule has 1 aromatic carbocycles. The van der Waals surface area contributed by atoms with E-state index in [0.29, 0.717) is 11.3 Å². The highest BCUT2D eigenvalue weighted by molar-refractivity contribution is 6.05. The lowest BCUT2D eigenvalue weighted by Crippen LogP contribution is -2.26. The highest BCUT2D eigenvalue weighted by Gasteiger charge is 2.14. The van der Waals surface area contributed by atoms with Crippen LogP contribution in [0.2, 0.25) is 0 Å². The predicted molar refractivity (Wildman–Crippen MR) is 68.1 cm³/mol. The predicted octanol–water partition coefficient (Wildman–Crippen LogP) is 2.37. The monoisotopic (exact) mass is 255 g/mol. The molecule has 0 saturated heterocycles. The zero-order valence-corrected chi connectivity index (χ0v) is 10.2. The van der Waals surface area contributed by atoms with Crippen LogP contribution in [0.1, 0.15) is 15.9 Å². The number of hydrogen-bond acceptors (Lipinski definition) is 3. The first-order valence-corrected chi connectivity index (χ1v) is 5.50. The van der Waals surface area contributed by atoms with Crippen molar-refractivity contribution >= 4 is 11.6 Å². The van der Waals surface area contributed by atoms with Crippen molar-refractivity contribution in [2.24, 2.45) is 0 Å². The molecule has 0 atom stereocenters. The van der Waals surface area contributed by atoms with Crippen LogP contribution in [-0.2, 0) is 0 Å². The summed E-state index contributed by atoms with van der Waals surface area (Å²) < 4.78 is 13.0. The van der Waals surface area contributed by atoms with Gasteiger partial charge in [-0.05, 0) is 30.3 Å². The number of carbonyl (C=O) groups excluding carboxylic acids is 1. The number of rotatable bonds is 2. The Labute approximate surface area is 109 Å². The number of nitrogens with zero attached hydrogens (tertiary/aromatic N) is 3. The molecule has 2 aromatic rings. The van der Waals surface area contributed by atoms with E-state index in [2.05, 4.69) is 4.98 Å². The zero-order valence-electron chi connectivity index (χ0n) is 10.2. The molecule has 1 aromatic heterocycles. The van der Waals surface area contributed by atoms with Gasteiger partial charge in [-0.3, -0.25) is 9.78 Å². The van der Waals surface area contributed by atoms with Gasteiger partial charge < -0.3 is 4.90 Å². The number of aromatic nitrogens is 1. The molecule has 0 unspecified atom stereocenters. The van der Waals surface area contributed by atoms with Gasteiger partial charge in [-0.1, -0.05) is 0 Å².